The Bertz CT molecular complexity index is 707. The molecule has 0 radical (unpaired) electrons. The van der Waals surface area contributed by atoms with Crippen LogP contribution in [0.15, 0.2) is 18.2 Å². The summed E-state index contributed by atoms with van der Waals surface area (Å²) in [6.07, 6.45) is 4.03. The second-order valence-electron chi connectivity index (χ2n) is 5.97. The number of hydrogen-bond acceptors (Lipinski definition) is 4. The predicted octanol–water partition coefficient (Wildman–Crippen LogP) is 3.36. The fraction of sp³-hybridized carbons (Fsp3) is 0.500. The summed E-state index contributed by atoms with van der Waals surface area (Å²) < 4.78 is 19.8. The molecule has 2 fully saturated rings. The number of ether oxygens (including phenoxy) is 1. The first-order valence-electron chi connectivity index (χ1n) is 7.70. The fourth-order valence-electron chi connectivity index (χ4n) is 2.81. The van der Waals surface area contributed by atoms with Gasteiger partial charge < -0.3 is 4.74 Å². The zero-order valence-corrected chi connectivity index (χ0v) is 12.9. The van der Waals surface area contributed by atoms with Crippen LogP contribution in [0.2, 0.25) is 0 Å². The Labute approximate surface area is 131 Å². The van der Waals surface area contributed by atoms with Gasteiger partial charge in [-0.25, -0.2) is 9.37 Å². The molecule has 1 saturated carbocycles. The summed E-state index contributed by atoms with van der Waals surface area (Å²) in [5, 5.41) is 0.660. The molecule has 4 rings (SSSR count). The molecule has 0 bridgehead atoms. The van der Waals surface area contributed by atoms with Crippen LogP contribution in [0, 0.1) is 11.7 Å². The van der Waals surface area contributed by atoms with Crippen molar-refractivity contribution >= 4 is 32.6 Å². The van der Waals surface area contributed by atoms with Gasteiger partial charge in [0, 0.05) is 12.5 Å². The van der Waals surface area contributed by atoms with Crippen molar-refractivity contribution in [3.8, 4) is 0 Å². The highest BCUT2D eigenvalue weighted by molar-refractivity contribution is 7.22. The molecule has 116 valence electrons. The van der Waals surface area contributed by atoms with Crippen LogP contribution < -0.4 is 4.90 Å². The summed E-state index contributed by atoms with van der Waals surface area (Å²) in [6.45, 7) is 1.32. The van der Waals surface area contributed by atoms with Gasteiger partial charge in [-0.05, 0) is 43.9 Å². The standard InChI is InChI=1S/C16H17FN2O2S/c17-11-5-6-13-14(8-11)22-16(18-13)19(15(20)10-3-4-10)9-12-2-1-7-21-12/h5-6,8,10,12H,1-4,7,9H2/t12-/m1/s1. The number of hydrogen-bond donors (Lipinski definition) is 0. The lowest BCUT2D eigenvalue weighted by atomic mass is 10.2. The second-order valence-corrected chi connectivity index (χ2v) is 6.98. The molecule has 2 aliphatic rings. The van der Waals surface area contributed by atoms with E-state index in [-0.39, 0.29) is 23.7 Å². The third kappa shape index (κ3) is 2.73. The summed E-state index contributed by atoms with van der Waals surface area (Å²) in [4.78, 5) is 18.9. The van der Waals surface area contributed by atoms with E-state index in [1.165, 1.54) is 23.5 Å². The maximum absolute atomic E-state index is 13.3. The smallest absolute Gasteiger partial charge is 0.231 e. The molecule has 0 spiro atoms. The summed E-state index contributed by atoms with van der Waals surface area (Å²) >= 11 is 1.37. The molecule has 1 aromatic heterocycles. The zero-order chi connectivity index (χ0) is 15.1. The number of nitrogens with zero attached hydrogens (tertiary/aromatic N) is 2. The molecule has 1 aliphatic heterocycles. The Morgan fingerprint density at radius 1 is 1.41 bits per heavy atom. The molecule has 0 unspecified atom stereocenters. The van der Waals surface area contributed by atoms with Gasteiger partial charge in [-0.1, -0.05) is 11.3 Å². The lowest BCUT2D eigenvalue weighted by molar-refractivity contribution is -0.120. The van der Waals surface area contributed by atoms with E-state index >= 15 is 0 Å². The number of rotatable bonds is 4. The van der Waals surface area contributed by atoms with Gasteiger partial charge in [0.15, 0.2) is 5.13 Å². The van der Waals surface area contributed by atoms with Crippen molar-refractivity contribution in [3.05, 3.63) is 24.0 Å². The van der Waals surface area contributed by atoms with E-state index in [4.69, 9.17) is 4.74 Å². The average Bonchev–Trinajstić information content (AvgIpc) is 3.07. The molecule has 22 heavy (non-hydrogen) atoms. The molecule has 1 aliphatic carbocycles. The van der Waals surface area contributed by atoms with Gasteiger partial charge in [0.25, 0.3) is 0 Å². The van der Waals surface area contributed by atoms with Crippen LogP contribution in [-0.4, -0.2) is 30.1 Å². The molecule has 1 amide bonds. The number of amides is 1. The number of aromatic nitrogens is 1. The first-order chi connectivity index (χ1) is 10.7. The van der Waals surface area contributed by atoms with E-state index in [0.717, 1.165) is 42.5 Å². The third-order valence-corrected chi connectivity index (χ3v) is 5.21. The Morgan fingerprint density at radius 2 is 2.27 bits per heavy atom. The van der Waals surface area contributed by atoms with Crippen LogP contribution >= 0.6 is 11.3 Å². The topological polar surface area (TPSA) is 42.4 Å². The Balaban J connectivity index is 1.65. The van der Waals surface area contributed by atoms with E-state index in [9.17, 15) is 9.18 Å². The molecular weight excluding hydrogens is 303 g/mol. The molecule has 4 nitrogen and oxygen atoms in total. The lowest BCUT2D eigenvalue weighted by Crippen LogP contribution is -2.38. The number of anilines is 1. The number of benzene rings is 1. The van der Waals surface area contributed by atoms with Crippen molar-refractivity contribution in [2.45, 2.75) is 31.8 Å². The molecule has 2 aromatic rings. The first kappa shape index (κ1) is 14.1. The van der Waals surface area contributed by atoms with Crippen LogP contribution in [0.1, 0.15) is 25.7 Å². The van der Waals surface area contributed by atoms with Crippen molar-refractivity contribution in [3.63, 3.8) is 0 Å². The summed E-state index contributed by atoms with van der Waals surface area (Å²) in [7, 11) is 0. The van der Waals surface area contributed by atoms with Crippen molar-refractivity contribution in [1.29, 1.82) is 0 Å². The van der Waals surface area contributed by atoms with Crippen molar-refractivity contribution in [1.82, 2.24) is 4.98 Å². The van der Waals surface area contributed by atoms with E-state index in [0.29, 0.717) is 11.7 Å². The number of fused-ring (bicyclic) bond motifs is 1. The normalized spacial score (nSPS) is 21.4. The number of thiazole rings is 1. The van der Waals surface area contributed by atoms with E-state index in [2.05, 4.69) is 4.98 Å². The maximum atomic E-state index is 13.3. The van der Waals surface area contributed by atoms with E-state index in [1.807, 2.05) is 0 Å². The van der Waals surface area contributed by atoms with Crippen LogP contribution in [-0.2, 0) is 9.53 Å². The monoisotopic (exact) mass is 320 g/mol. The number of halogens is 1. The quantitative estimate of drug-likeness (QED) is 0.867. The van der Waals surface area contributed by atoms with Gasteiger partial charge in [-0.3, -0.25) is 9.69 Å². The number of carbonyl (C=O) groups excluding carboxylic acids is 1. The highest BCUT2D eigenvalue weighted by Crippen LogP contribution is 2.36. The Hall–Kier alpha value is -1.53. The largest absolute Gasteiger partial charge is 0.376 e. The van der Waals surface area contributed by atoms with Crippen molar-refractivity contribution in [2.24, 2.45) is 5.92 Å². The molecule has 0 N–H and O–H groups in total. The highest BCUT2D eigenvalue weighted by atomic mass is 32.1. The molecule has 1 atom stereocenters. The summed E-state index contributed by atoms with van der Waals surface area (Å²) in [5.74, 6) is -0.0120. The van der Waals surface area contributed by atoms with E-state index < -0.39 is 0 Å². The third-order valence-electron chi connectivity index (χ3n) is 4.17. The molecular formula is C16H17FN2O2S. The minimum Gasteiger partial charge on any atom is -0.376 e. The highest BCUT2D eigenvalue weighted by Gasteiger charge is 2.36. The zero-order valence-electron chi connectivity index (χ0n) is 12.1. The van der Waals surface area contributed by atoms with Crippen LogP contribution in [0.25, 0.3) is 10.2 Å². The fourth-order valence-corrected chi connectivity index (χ4v) is 3.81. The van der Waals surface area contributed by atoms with Gasteiger partial charge in [0.05, 0.1) is 22.9 Å². The molecule has 6 heteroatoms. The van der Waals surface area contributed by atoms with Gasteiger partial charge >= 0.3 is 0 Å². The molecule has 1 saturated heterocycles. The number of carbonyl (C=O) groups is 1. The summed E-state index contributed by atoms with van der Waals surface area (Å²) in [5.41, 5.74) is 0.738. The molecule has 2 heterocycles. The summed E-state index contributed by atoms with van der Waals surface area (Å²) in [6, 6.07) is 4.54. The minimum atomic E-state index is -0.276. The van der Waals surface area contributed by atoms with Gasteiger partial charge in [-0.2, -0.15) is 0 Å². The van der Waals surface area contributed by atoms with Crippen molar-refractivity contribution < 1.29 is 13.9 Å². The van der Waals surface area contributed by atoms with Gasteiger partial charge in [-0.15, -0.1) is 0 Å². The van der Waals surface area contributed by atoms with Crippen molar-refractivity contribution in [2.75, 3.05) is 18.1 Å². The van der Waals surface area contributed by atoms with Crippen LogP contribution in [0.3, 0.4) is 0 Å². The van der Waals surface area contributed by atoms with Gasteiger partial charge in [0.1, 0.15) is 5.82 Å². The SMILES string of the molecule is O=C(C1CC1)N(C[C@H]1CCCO1)c1nc2ccc(F)cc2s1. The van der Waals surface area contributed by atoms with E-state index in [1.54, 1.807) is 11.0 Å². The molecule has 1 aromatic carbocycles. The lowest BCUT2D eigenvalue weighted by Gasteiger charge is -2.22. The van der Waals surface area contributed by atoms with Gasteiger partial charge in [0.2, 0.25) is 5.91 Å². The predicted molar refractivity (Wildman–Crippen MR) is 83.6 cm³/mol. The average molecular weight is 320 g/mol. The Morgan fingerprint density at radius 3 is 3.00 bits per heavy atom. The second kappa shape index (κ2) is 5.59. The van der Waals surface area contributed by atoms with Crippen LogP contribution in [0.5, 0.6) is 0 Å². The maximum Gasteiger partial charge on any atom is 0.231 e. The minimum absolute atomic E-state index is 0.0893. The first-order valence-corrected chi connectivity index (χ1v) is 8.51. The Kier molecular flexibility index (Phi) is 3.58. The van der Waals surface area contributed by atoms with Crippen LogP contribution in [0.4, 0.5) is 9.52 Å².